The van der Waals surface area contributed by atoms with Gasteiger partial charge in [-0.25, -0.2) is 9.07 Å². The van der Waals surface area contributed by atoms with Crippen molar-refractivity contribution in [3.8, 4) is 5.69 Å². The lowest BCUT2D eigenvalue weighted by atomic mass is 9.85. The van der Waals surface area contributed by atoms with Crippen LogP contribution in [-0.4, -0.2) is 21.7 Å². The summed E-state index contributed by atoms with van der Waals surface area (Å²) in [5, 5.41) is 7.48. The van der Waals surface area contributed by atoms with Crippen LogP contribution in [0.2, 0.25) is 0 Å². The van der Waals surface area contributed by atoms with E-state index in [1.165, 1.54) is 12.1 Å². The van der Waals surface area contributed by atoms with Crippen LogP contribution in [-0.2, 0) is 4.79 Å². The van der Waals surface area contributed by atoms with E-state index in [0.29, 0.717) is 0 Å². The van der Waals surface area contributed by atoms with E-state index in [1.54, 1.807) is 23.0 Å². The van der Waals surface area contributed by atoms with Crippen LogP contribution in [0.15, 0.2) is 30.5 Å². The number of benzene rings is 1. The van der Waals surface area contributed by atoms with E-state index in [0.717, 1.165) is 42.6 Å². The van der Waals surface area contributed by atoms with E-state index in [1.807, 2.05) is 13.8 Å². The minimum atomic E-state index is -0.278. The van der Waals surface area contributed by atoms with E-state index in [4.69, 9.17) is 5.73 Å². The quantitative estimate of drug-likeness (QED) is 0.853. The lowest BCUT2D eigenvalue weighted by Crippen LogP contribution is -2.38. The lowest BCUT2D eigenvalue weighted by Gasteiger charge is -2.27. The molecule has 26 heavy (non-hydrogen) atoms. The third kappa shape index (κ3) is 4.43. The number of amides is 1. The molecule has 7 heteroatoms. The van der Waals surface area contributed by atoms with Gasteiger partial charge in [-0.15, -0.1) is 12.4 Å². The summed E-state index contributed by atoms with van der Waals surface area (Å²) in [7, 11) is 0. The third-order valence-electron chi connectivity index (χ3n) is 5.03. The fraction of sp³-hybridized carbons (Fsp3) is 0.474. The van der Waals surface area contributed by atoms with E-state index in [9.17, 15) is 9.18 Å². The highest BCUT2D eigenvalue weighted by molar-refractivity contribution is 5.85. The van der Waals surface area contributed by atoms with Crippen molar-refractivity contribution in [3.05, 3.63) is 47.5 Å². The Morgan fingerprint density at radius 1 is 1.35 bits per heavy atom. The molecule has 1 amide bonds. The standard InChI is InChI=1S/C19H25FN4O.ClH/c1-12(23-19(25)14-4-3-5-16(21)10-14)18-11-22-24(13(18)2)17-8-6-15(20)7-9-17;/h6-9,11-12,14,16H,3-5,10,21H2,1-2H3,(H,23,25);1H. The molecule has 3 atom stereocenters. The number of hydrogen-bond acceptors (Lipinski definition) is 3. The van der Waals surface area contributed by atoms with Gasteiger partial charge in [-0.1, -0.05) is 6.42 Å². The van der Waals surface area contributed by atoms with Crippen molar-refractivity contribution < 1.29 is 9.18 Å². The molecular weight excluding hydrogens is 355 g/mol. The summed E-state index contributed by atoms with van der Waals surface area (Å²) in [6, 6.07) is 6.18. The Morgan fingerprint density at radius 3 is 2.69 bits per heavy atom. The maximum absolute atomic E-state index is 13.1. The van der Waals surface area contributed by atoms with Crippen molar-refractivity contribution in [1.82, 2.24) is 15.1 Å². The maximum atomic E-state index is 13.1. The molecule has 142 valence electrons. The topological polar surface area (TPSA) is 72.9 Å². The smallest absolute Gasteiger partial charge is 0.223 e. The van der Waals surface area contributed by atoms with E-state index >= 15 is 0 Å². The molecule has 0 radical (unpaired) electrons. The Balaban J connectivity index is 0.00000243. The minimum absolute atomic E-state index is 0. The molecule has 1 aromatic carbocycles. The van der Waals surface area contributed by atoms with Crippen molar-refractivity contribution in [1.29, 1.82) is 0 Å². The van der Waals surface area contributed by atoms with Gasteiger partial charge < -0.3 is 11.1 Å². The molecule has 5 nitrogen and oxygen atoms in total. The van der Waals surface area contributed by atoms with Gasteiger partial charge in [0.05, 0.1) is 17.9 Å². The number of hydrogen-bond donors (Lipinski definition) is 2. The maximum Gasteiger partial charge on any atom is 0.223 e. The molecule has 0 aliphatic heterocycles. The van der Waals surface area contributed by atoms with Gasteiger partial charge in [0.15, 0.2) is 0 Å². The van der Waals surface area contributed by atoms with Crippen LogP contribution in [0, 0.1) is 18.7 Å². The van der Waals surface area contributed by atoms with Crippen molar-refractivity contribution in [2.45, 2.75) is 51.6 Å². The first-order valence-electron chi connectivity index (χ1n) is 8.82. The molecular formula is C19H26ClFN4O. The number of rotatable bonds is 4. The Labute approximate surface area is 159 Å². The first-order chi connectivity index (χ1) is 12.0. The largest absolute Gasteiger partial charge is 0.349 e. The lowest BCUT2D eigenvalue weighted by molar-refractivity contribution is -0.126. The Hall–Kier alpha value is -1.92. The van der Waals surface area contributed by atoms with E-state index in [-0.39, 0.29) is 42.1 Å². The number of carbonyl (C=O) groups is 1. The summed E-state index contributed by atoms with van der Waals surface area (Å²) in [5.74, 6) is -0.213. The highest BCUT2D eigenvalue weighted by atomic mass is 35.5. The van der Waals surface area contributed by atoms with Crippen molar-refractivity contribution in [3.63, 3.8) is 0 Å². The van der Waals surface area contributed by atoms with Crippen LogP contribution < -0.4 is 11.1 Å². The summed E-state index contributed by atoms with van der Waals surface area (Å²) in [6.45, 7) is 3.91. The van der Waals surface area contributed by atoms with Gasteiger partial charge in [0, 0.05) is 23.2 Å². The highest BCUT2D eigenvalue weighted by Crippen LogP contribution is 2.25. The number of nitrogens with two attached hydrogens (primary N) is 1. The van der Waals surface area contributed by atoms with Gasteiger partial charge in [0.1, 0.15) is 5.82 Å². The van der Waals surface area contributed by atoms with Crippen LogP contribution >= 0.6 is 12.4 Å². The van der Waals surface area contributed by atoms with Crippen molar-refractivity contribution >= 4 is 18.3 Å². The SMILES string of the molecule is Cc1c(C(C)NC(=O)C2CCCC(N)C2)cnn1-c1ccc(F)cc1.Cl. The molecule has 1 heterocycles. The predicted octanol–water partition coefficient (Wildman–Crippen LogP) is 3.44. The van der Waals surface area contributed by atoms with Crippen LogP contribution in [0.5, 0.6) is 0 Å². The van der Waals surface area contributed by atoms with Gasteiger partial charge in [0.2, 0.25) is 5.91 Å². The molecule has 1 fully saturated rings. The van der Waals surface area contributed by atoms with Gasteiger partial charge in [-0.3, -0.25) is 4.79 Å². The zero-order valence-corrected chi connectivity index (χ0v) is 15.9. The van der Waals surface area contributed by atoms with Crippen LogP contribution in [0.4, 0.5) is 4.39 Å². The molecule has 0 spiro atoms. The fourth-order valence-corrected chi connectivity index (χ4v) is 3.56. The molecule has 3 N–H and O–H groups in total. The summed E-state index contributed by atoms with van der Waals surface area (Å²) in [6.07, 6.45) is 5.43. The van der Waals surface area contributed by atoms with Crippen LogP contribution in [0.3, 0.4) is 0 Å². The number of halogens is 2. The molecule has 1 aliphatic rings. The number of carbonyl (C=O) groups excluding carboxylic acids is 1. The minimum Gasteiger partial charge on any atom is -0.349 e. The molecule has 1 aliphatic carbocycles. The highest BCUT2D eigenvalue weighted by Gasteiger charge is 2.27. The van der Waals surface area contributed by atoms with Crippen molar-refractivity contribution in [2.24, 2.45) is 11.7 Å². The first-order valence-corrected chi connectivity index (χ1v) is 8.82. The van der Waals surface area contributed by atoms with E-state index < -0.39 is 0 Å². The number of nitrogens with zero attached hydrogens (tertiary/aromatic N) is 2. The second kappa shape index (κ2) is 8.64. The average molecular weight is 381 g/mol. The van der Waals surface area contributed by atoms with Crippen molar-refractivity contribution in [2.75, 3.05) is 0 Å². The fourth-order valence-electron chi connectivity index (χ4n) is 3.56. The molecule has 1 aromatic heterocycles. The second-order valence-corrected chi connectivity index (χ2v) is 6.93. The Morgan fingerprint density at radius 2 is 2.04 bits per heavy atom. The molecule has 0 saturated heterocycles. The molecule has 3 unspecified atom stereocenters. The first kappa shape index (κ1) is 20.4. The zero-order chi connectivity index (χ0) is 18.0. The molecule has 3 rings (SSSR count). The van der Waals surface area contributed by atoms with E-state index in [2.05, 4.69) is 10.4 Å². The monoisotopic (exact) mass is 380 g/mol. The third-order valence-corrected chi connectivity index (χ3v) is 5.03. The van der Waals surface area contributed by atoms with Crippen LogP contribution in [0.25, 0.3) is 5.69 Å². The summed E-state index contributed by atoms with van der Waals surface area (Å²) < 4.78 is 14.9. The summed E-state index contributed by atoms with van der Waals surface area (Å²) in [5.41, 5.74) is 8.67. The Kier molecular flexibility index (Phi) is 6.78. The van der Waals surface area contributed by atoms with Gasteiger partial charge in [-0.05, 0) is 57.4 Å². The normalized spacial score (nSPS) is 20.9. The summed E-state index contributed by atoms with van der Waals surface area (Å²) in [4.78, 5) is 12.5. The zero-order valence-electron chi connectivity index (χ0n) is 15.1. The van der Waals surface area contributed by atoms with Gasteiger partial charge in [0.25, 0.3) is 0 Å². The molecule has 0 bridgehead atoms. The molecule has 2 aromatic rings. The van der Waals surface area contributed by atoms with Gasteiger partial charge in [-0.2, -0.15) is 5.10 Å². The predicted molar refractivity (Wildman–Crippen MR) is 102 cm³/mol. The summed E-state index contributed by atoms with van der Waals surface area (Å²) >= 11 is 0. The van der Waals surface area contributed by atoms with Gasteiger partial charge >= 0.3 is 0 Å². The average Bonchev–Trinajstić information content (AvgIpc) is 2.97. The molecule has 1 saturated carbocycles. The number of nitrogens with one attached hydrogen (secondary N) is 1. The Bertz CT molecular complexity index is 746. The van der Waals surface area contributed by atoms with Crippen LogP contribution in [0.1, 0.15) is 49.9 Å². The second-order valence-electron chi connectivity index (χ2n) is 6.93. The number of aromatic nitrogens is 2.